The quantitative estimate of drug-likeness (QED) is 0.757. The molecular formula is C17H32N2O. The van der Waals surface area contributed by atoms with Crippen LogP contribution in [0.4, 0.5) is 0 Å². The van der Waals surface area contributed by atoms with Crippen LogP contribution in [0.15, 0.2) is 11.6 Å². The second-order valence-electron chi connectivity index (χ2n) is 6.67. The molecule has 0 saturated carbocycles. The van der Waals surface area contributed by atoms with E-state index in [-0.39, 0.29) is 5.54 Å². The van der Waals surface area contributed by atoms with Crippen molar-refractivity contribution in [3.8, 4) is 0 Å². The van der Waals surface area contributed by atoms with Crippen LogP contribution < -0.4 is 5.32 Å². The van der Waals surface area contributed by atoms with Crippen molar-refractivity contribution in [2.75, 3.05) is 32.8 Å². The zero-order valence-corrected chi connectivity index (χ0v) is 13.6. The summed E-state index contributed by atoms with van der Waals surface area (Å²) in [6.07, 6.45) is 8.95. The summed E-state index contributed by atoms with van der Waals surface area (Å²) < 4.78 is 5.52. The predicted molar refractivity (Wildman–Crippen MR) is 85.1 cm³/mol. The van der Waals surface area contributed by atoms with Crippen molar-refractivity contribution in [3.05, 3.63) is 11.6 Å². The van der Waals surface area contributed by atoms with Crippen LogP contribution in [0.1, 0.15) is 52.9 Å². The maximum atomic E-state index is 5.52. The molecule has 1 aliphatic heterocycles. The van der Waals surface area contributed by atoms with E-state index in [9.17, 15) is 0 Å². The first-order valence-electron chi connectivity index (χ1n) is 8.41. The maximum absolute atomic E-state index is 5.52. The molecule has 116 valence electrons. The topological polar surface area (TPSA) is 24.5 Å². The summed E-state index contributed by atoms with van der Waals surface area (Å²) >= 11 is 0. The van der Waals surface area contributed by atoms with Gasteiger partial charge in [0.2, 0.25) is 0 Å². The maximum Gasteiger partial charge on any atom is 0.0594 e. The first-order valence-corrected chi connectivity index (χ1v) is 8.41. The Labute approximate surface area is 124 Å². The van der Waals surface area contributed by atoms with Crippen LogP contribution in [-0.2, 0) is 4.74 Å². The van der Waals surface area contributed by atoms with Crippen LogP contribution in [0.2, 0.25) is 0 Å². The molecular weight excluding hydrogens is 248 g/mol. The van der Waals surface area contributed by atoms with E-state index in [0.29, 0.717) is 6.04 Å². The van der Waals surface area contributed by atoms with Gasteiger partial charge in [0.05, 0.1) is 13.2 Å². The van der Waals surface area contributed by atoms with Gasteiger partial charge in [-0.05, 0) is 52.5 Å². The average molecular weight is 280 g/mol. The van der Waals surface area contributed by atoms with Gasteiger partial charge in [-0.1, -0.05) is 18.6 Å². The normalized spacial score (nSPS) is 23.4. The second-order valence-corrected chi connectivity index (χ2v) is 6.67. The third kappa shape index (κ3) is 3.84. The lowest BCUT2D eigenvalue weighted by Gasteiger charge is -2.47. The minimum Gasteiger partial charge on any atom is -0.379 e. The Hall–Kier alpha value is -0.380. The molecule has 0 aromatic carbocycles. The Kier molecular flexibility index (Phi) is 6.06. The average Bonchev–Trinajstić information content (AvgIpc) is 2.49. The molecule has 1 saturated heterocycles. The summed E-state index contributed by atoms with van der Waals surface area (Å²) in [6.45, 7) is 12.0. The van der Waals surface area contributed by atoms with Crippen LogP contribution in [0, 0.1) is 0 Å². The Morgan fingerprint density at radius 2 is 2.05 bits per heavy atom. The fraction of sp³-hybridized carbons (Fsp3) is 0.882. The molecule has 2 rings (SSSR count). The van der Waals surface area contributed by atoms with Gasteiger partial charge in [0.1, 0.15) is 0 Å². The summed E-state index contributed by atoms with van der Waals surface area (Å²) in [5.41, 5.74) is 1.81. The van der Waals surface area contributed by atoms with Gasteiger partial charge in [-0.3, -0.25) is 4.90 Å². The minimum atomic E-state index is 0.169. The van der Waals surface area contributed by atoms with Crippen LogP contribution >= 0.6 is 0 Å². The second kappa shape index (κ2) is 7.58. The molecule has 1 unspecified atom stereocenters. The molecule has 1 heterocycles. The molecule has 20 heavy (non-hydrogen) atoms. The summed E-state index contributed by atoms with van der Waals surface area (Å²) in [6, 6.07) is 0.487. The van der Waals surface area contributed by atoms with Gasteiger partial charge in [0, 0.05) is 24.7 Å². The molecule has 0 bridgehead atoms. The van der Waals surface area contributed by atoms with Gasteiger partial charge >= 0.3 is 0 Å². The molecule has 1 aliphatic carbocycles. The summed E-state index contributed by atoms with van der Waals surface area (Å²) in [4.78, 5) is 2.61. The first kappa shape index (κ1) is 16.0. The van der Waals surface area contributed by atoms with Crippen LogP contribution in [0.25, 0.3) is 0 Å². The Bertz CT molecular complexity index is 319. The molecule has 0 aromatic heterocycles. The van der Waals surface area contributed by atoms with E-state index < -0.39 is 0 Å². The van der Waals surface area contributed by atoms with Gasteiger partial charge < -0.3 is 10.1 Å². The van der Waals surface area contributed by atoms with Gasteiger partial charge in [0.25, 0.3) is 0 Å². The summed E-state index contributed by atoms with van der Waals surface area (Å²) in [5.74, 6) is 0. The number of rotatable bonds is 6. The number of nitrogens with one attached hydrogen (secondary N) is 1. The number of allylic oxidation sites excluding steroid dienone is 1. The zero-order chi connectivity index (χ0) is 14.4. The van der Waals surface area contributed by atoms with Gasteiger partial charge in [-0.2, -0.15) is 0 Å². The van der Waals surface area contributed by atoms with Crippen LogP contribution in [-0.4, -0.2) is 49.3 Å². The van der Waals surface area contributed by atoms with E-state index in [4.69, 9.17) is 4.74 Å². The van der Waals surface area contributed by atoms with E-state index in [1.807, 2.05) is 0 Å². The lowest BCUT2D eigenvalue weighted by molar-refractivity contribution is -0.0193. The molecule has 1 fully saturated rings. The Balaban J connectivity index is 2.12. The van der Waals surface area contributed by atoms with Gasteiger partial charge in [-0.15, -0.1) is 0 Å². The van der Waals surface area contributed by atoms with Gasteiger partial charge in [0.15, 0.2) is 0 Å². The molecule has 3 nitrogen and oxygen atoms in total. The summed E-state index contributed by atoms with van der Waals surface area (Å²) in [7, 11) is 0. The predicted octanol–water partition coefficient (Wildman–Crippen LogP) is 2.97. The van der Waals surface area contributed by atoms with E-state index in [1.54, 1.807) is 5.57 Å². The highest BCUT2D eigenvalue weighted by atomic mass is 16.5. The highest BCUT2D eigenvalue weighted by Crippen LogP contribution is 2.30. The van der Waals surface area contributed by atoms with Crippen molar-refractivity contribution in [1.29, 1.82) is 0 Å². The lowest BCUT2D eigenvalue weighted by atomic mass is 9.81. The number of hydrogen-bond donors (Lipinski definition) is 1. The Morgan fingerprint density at radius 3 is 2.65 bits per heavy atom. The van der Waals surface area contributed by atoms with Crippen molar-refractivity contribution in [2.45, 2.75) is 64.5 Å². The van der Waals surface area contributed by atoms with E-state index in [1.165, 1.54) is 32.1 Å². The number of ether oxygens (including phenoxy) is 1. The third-order valence-electron chi connectivity index (χ3n) is 4.83. The highest BCUT2D eigenvalue weighted by Gasteiger charge is 2.37. The standard InChI is InChI=1S/C17H32N2O/c1-4-10-18-16(15-8-6-5-7-9-15)17(2,3)19-11-13-20-14-12-19/h8,16,18H,4-7,9-14H2,1-3H3. The van der Waals surface area contributed by atoms with Crippen molar-refractivity contribution in [2.24, 2.45) is 0 Å². The number of morpholine rings is 1. The fourth-order valence-electron chi connectivity index (χ4n) is 3.57. The van der Waals surface area contributed by atoms with Crippen molar-refractivity contribution in [1.82, 2.24) is 10.2 Å². The zero-order valence-electron chi connectivity index (χ0n) is 13.6. The van der Waals surface area contributed by atoms with E-state index in [0.717, 1.165) is 32.8 Å². The smallest absolute Gasteiger partial charge is 0.0594 e. The van der Waals surface area contributed by atoms with E-state index in [2.05, 4.69) is 37.1 Å². The first-order chi connectivity index (χ1) is 9.66. The van der Waals surface area contributed by atoms with Gasteiger partial charge in [-0.25, -0.2) is 0 Å². The van der Waals surface area contributed by atoms with Crippen molar-refractivity contribution >= 4 is 0 Å². The SMILES string of the molecule is CCCNC(C1=CCCCC1)C(C)(C)N1CCOCC1. The fourth-order valence-corrected chi connectivity index (χ4v) is 3.57. The third-order valence-corrected chi connectivity index (χ3v) is 4.83. The molecule has 0 radical (unpaired) electrons. The van der Waals surface area contributed by atoms with E-state index >= 15 is 0 Å². The van der Waals surface area contributed by atoms with Crippen molar-refractivity contribution < 1.29 is 4.74 Å². The monoisotopic (exact) mass is 280 g/mol. The minimum absolute atomic E-state index is 0.169. The molecule has 2 aliphatic rings. The van der Waals surface area contributed by atoms with Crippen LogP contribution in [0.3, 0.4) is 0 Å². The number of nitrogens with zero attached hydrogens (tertiary/aromatic N) is 1. The molecule has 1 atom stereocenters. The number of hydrogen-bond acceptors (Lipinski definition) is 3. The summed E-state index contributed by atoms with van der Waals surface area (Å²) in [5, 5.41) is 3.83. The molecule has 0 amide bonds. The molecule has 0 aromatic rings. The lowest BCUT2D eigenvalue weighted by Crippen LogP contribution is -2.61. The molecule has 3 heteroatoms. The Morgan fingerprint density at radius 1 is 1.30 bits per heavy atom. The van der Waals surface area contributed by atoms with Crippen molar-refractivity contribution in [3.63, 3.8) is 0 Å². The molecule has 1 N–H and O–H groups in total. The largest absolute Gasteiger partial charge is 0.379 e. The molecule has 0 spiro atoms. The highest BCUT2D eigenvalue weighted by molar-refractivity contribution is 5.20. The van der Waals surface area contributed by atoms with Crippen LogP contribution in [0.5, 0.6) is 0 Å².